The Morgan fingerprint density at radius 3 is 2.50 bits per heavy atom. The molecule has 5 rings (SSSR count). The summed E-state index contributed by atoms with van der Waals surface area (Å²) in [4.78, 5) is 36.7. The number of thiocarbonyl (C=S) groups is 1. The standard InChI is InChI=1S/C26H32N4O2S2/c1-16-9-10-22-27-23(28-13-17(2)11-18(3)14-28)20(24(31)29(22)15-16)12-21-25(32)30(26(33)34-21)19-7-5-4-6-8-19/h9-10,12,15,17-19H,4-8,11,13-14H2,1-3H3/b21-12-/t17-,18-/m1/s1. The number of rotatable bonds is 3. The molecule has 2 aromatic rings. The van der Waals surface area contributed by atoms with Crippen molar-refractivity contribution < 1.29 is 4.79 Å². The van der Waals surface area contributed by atoms with Crippen molar-refractivity contribution in [3.8, 4) is 0 Å². The number of amides is 1. The SMILES string of the molecule is Cc1ccc2nc(N3C[C@H](C)C[C@@H](C)C3)c(/C=C3\SC(=S)N(C4CCCCC4)C3=O)c(=O)n2c1. The Hall–Kier alpha value is -2.19. The number of aryl methyl sites for hydroxylation is 1. The van der Waals surface area contributed by atoms with Crippen LogP contribution in [0.2, 0.25) is 0 Å². The van der Waals surface area contributed by atoms with Gasteiger partial charge in [0, 0.05) is 25.3 Å². The minimum atomic E-state index is -0.141. The molecule has 0 spiro atoms. The van der Waals surface area contributed by atoms with Gasteiger partial charge in [-0.3, -0.25) is 18.9 Å². The molecule has 0 aromatic carbocycles. The highest BCUT2D eigenvalue weighted by Crippen LogP contribution is 2.38. The van der Waals surface area contributed by atoms with E-state index in [-0.39, 0.29) is 17.5 Å². The van der Waals surface area contributed by atoms with Crippen LogP contribution in [0, 0.1) is 18.8 Å². The van der Waals surface area contributed by atoms with Gasteiger partial charge in [0.15, 0.2) is 0 Å². The Morgan fingerprint density at radius 1 is 1.09 bits per heavy atom. The Balaban J connectivity index is 1.61. The number of aromatic nitrogens is 2. The maximum atomic E-state index is 13.8. The molecule has 3 aliphatic rings. The summed E-state index contributed by atoms with van der Waals surface area (Å²) < 4.78 is 2.21. The Bertz CT molecular complexity index is 1220. The van der Waals surface area contributed by atoms with E-state index < -0.39 is 0 Å². The molecule has 3 fully saturated rings. The van der Waals surface area contributed by atoms with Crippen molar-refractivity contribution >= 4 is 51.7 Å². The first kappa shape index (κ1) is 23.5. The zero-order chi connectivity index (χ0) is 24.0. The van der Waals surface area contributed by atoms with Crippen molar-refractivity contribution in [2.24, 2.45) is 11.8 Å². The predicted molar refractivity (Wildman–Crippen MR) is 143 cm³/mol. The lowest BCUT2D eigenvalue weighted by Crippen LogP contribution is -2.41. The van der Waals surface area contributed by atoms with Gasteiger partial charge < -0.3 is 4.90 Å². The molecule has 6 nitrogen and oxygen atoms in total. The van der Waals surface area contributed by atoms with E-state index in [1.165, 1.54) is 18.2 Å². The highest BCUT2D eigenvalue weighted by atomic mass is 32.2. The second-order valence-electron chi connectivity index (χ2n) is 10.3. The van der Waals surface area contributed by atoms with Gasteiger partial charge in [0.05, 0.1) is 10.5 Å². The summed E-state index contributed by atoms with van der Waals surface area (Å²) in [5, 5.41) is 0. The fraction of sp³-hybridized carbons (Fsp3) is 0.538. The second-order valence-corrected chi connectivity index (χ2v) is 12.0. The molecule has 1 aliphatic carbocycles. The van der Waals surface area contributed by atoms with E-state index in [1.54, 1.807) is 15.4 Å². The van der Waals surface area contributed by atoms with Crippen molar-refractivity contribution in [3.05, 3.63) is 44.7 Å². The lowest BCUT2D eigenvalue weighted by molar-refractivity contribution is -0.124. The van der Waals surface area contributed by atoms with Crippen LogP contribution in [0.5, 0.6) is 0 Å². The number of anilines is 1. The minimum absolute atomic E-state index is 0.0676. The third kappa shape index (κ3) is 4.42. The van der Waals surface area contributed by atoms with Crippen molar-refractivity contribution in [2.45, 2.75) is 65.3 Å². The quantitative estimate of drug-likeness (QED) is 0.439. The zero-order valence-electron chi connectivity index (χ0n) is 20.1. The van der Waals surface area contributed by atoms with Gasteiger partial charge in [-0.15, -0.1) is 0 Å². The molecule has 2 aliphatic heterocycles. The molecular formula is C26H32N4O2S2. The molecule has 8 heteroatoms. The van der Waals surface area contributed by atoms with Crippen LogP contribution in [0.25, 0.3) is 11.7 Å². The Kier molecular flexibility index (Phi) is 6.55. The van der Waals surface area contributed by atoms with E-state index in [9.17, 15) is 9.59 Å². The summed E-state index contributed by atoms with van der Waals surface area (Å²) in [5.41, 5.74) is 1.95. The van der Waals surface area contributed by atoms with Crippen LogP contribution in [0.4, 0.5) is 5.82 Å². The fourth-order valence-electron chi connectivity index (χ4n) is 5.72. The first-order valence-corrected chi connectivity index (χ1v) is 13.6. The van der Waals surface area contributed by atoms with Gasteiger partial charge in [-0.25, -0.2) is 4.98 Å². The van der Waals surface area contributed by atoms with Crippen molar-refractivity contribution in [3.63, 3.8) is 0 Å². The van der Waals surface area contributed by atoms with Gasteiger partial charge in [0.2, 0.25) is 0 Å². The van der Waals surface area contributed by atoms with Crippen LogP contribution in [0.15, 0.2) is 28.0 Å². The molecule has 1 saturated carbocycles. The van der Waals surface area contributed by atoms with Crippen molar-refractivity contribution in [1.29, 1.82) is 0 Å². The lowest BCUT2D eigenvalue weighted by atomic mass is 9.91. The molecule has 0 unspecified atom stereocenters. The predicted octanol–water partition coefficient (Wildman–Crippen LogP) is 5.02. The number of piperidine rings is 1. The number of hydrogen-bond acceptors (Lipinski definition) is 6. The largest absolute Gasteiger partial charge is 0.355 e. The molecule has 180 valence electrons. The minimum Gasteiger partial charge on any atom is -0.355 e. The first-order chi connectivity index (χ1) is 16.3. The Labute approximate surface area is 210 Å². The topological polar surface area (TPSA) is 57.9 Å². The van der Waals surface area contributed by atoms with Crippen molar-refractivity contribution in [1.82, 2.24) is 14.3 Å². The van der Waals surface area contributed by atoms with E-state index in [0.717, 1.165) is 50.8 Å². The molecule has 34 heavy (non-hydrogen) atoms. The number of fused-ring (bicyclic) bond motifs is 1. The third-order valence-corrected chi connectivity index (χ3v) is 8.52. The van der Waals surface area contributed by atoms with E-state index in [0.29, 0.717) is 38.1 Å². The highest BCUT2D eigenvalue weighted by molar-refractivity contribution is 8.26. The van der Waals surface area contributed by atoms with Gasteiger partial charge in [-0.05, 0) is 55.7 Å². The van der Waals surface area contributed by atoms with Crippen LogP contribution >= 0.6 is 24.0 Å². The van der Waals surface area contributed by atoms with E-state index in [4.69, 9.17) is 17.2 Å². The monoisotopic (exact) mass is 496 g/mol. The van der Waals surface area contributed by atoms with E-state index in [1.807, 2.05) is 25.3 Å². The number of nitrogens with zero attached hydrogens (tertiary/aromatic N) is 4. The lowest BCUT2D eigenvalue weighted by Gasteiger charge is -2.36. The fourth-order valence-corrected chi connectivity index (χ4v) is 7.10. The number of carbonyl (C=O) groups excluding carboxylic acids is 1. The summed E-state index contributed by atoms with van der Waals surface area (Å²) in [5.74, 6) is 1.64. The van der Waals surface area contributed by atoms with Crippen molar-refractivity contribution in [2.75, 3.05) is 18.0 Å². The van der Waals surface area contributed by atoms with Crippen LogP contribution in [-0.2, 0) is 4.79 Å². The maximum Gasteiger partial charge on any atom is 0.267 e. The molecule has 0 bridgehead atoms. The van der Waals surface area contributed by atoms with Gasteiger partial charge >= 0.3 is 0 Å². The molecule has 2 atom stereocenters. The summed E-state index contributed by atoms with van der Waals surface area (Å²) in [6.45, 7) is 8.15. The molecule has 2 aromatic heterocycles. The number of carbonyl (C=O) groups is 1. The molecule has 2 saturated heterocycles. The molecule has 0 radical (unpaired) electrons. The maximum absolute atomic E-state index is 13.8. The van der Waals surface area contributed by atoms with Crippen LogP contribution in [0.1, 0.15) is 63.5 Å². The number of thioether (sulfide) groups is 1. The van der Waals surface area contributed by atoms with E-state index >= 15 is 0 Å². The second kappa shape index (κ2) is 9.46. The molecular weight excluding hydrogens is 464 g/mol. The van der Waals surface area contributed by atoms with E-state index in [2.05, 4.69) is 18.7 Å². The van der Waals surface area contributed by atoms with Gasteiger partial charge in [-0.1, -0.05) is 63.2 Å². The Morgan fingerprint density at radius 2 is 1.79 bits per heavy atom. The summed E-state index contributed by atoms with van der Waals surface area (Å²) >= 11 is 6.94. The molecule has 1 amide bonds. The average Bonchev–Trinajstić information content (AvgIpc) is 3.08. The normalized spacial score (nSPS) is 25.7. The van der Waals surface area contributed by atoms with Crippen LogP contribution < -0.4 is 10.5 Å². The molecule has 4 heterocycles. The summed E-state index contributed by atoms with van der Waals surface area (Å²) in [6, 6.07) is 4.04. The highest BCUT2D eigenvalue weighted by Gasteiger charge is 2.38. The van der Waals surface area contributed by atoms with Crippen LogP contribution in [-0.4, -0.2) is 43.6 Å². The summed E-state index contributed by atoms with van der Waals surface area (Å²) in [6.07, 6.45) is 10.2. The van der Waals surface area contributed by atoms with Crippen LogP contribution in [0.3, 0.4) is 0 Å². The van der Waals surface area contributed by atoms with Gasteiger partial charge in [0.25, 0.3) is 11.5 Å². The van der Waals surface area contributed by atoms with Gasteiger partial charge in [0.1, 0.15) is 15.8 Å². The first-order valence-electron chi connectivity index (χ1n) is 12.4. The zero-order valence-corrected chi connectivity index (χ0v) is 21.8. The third-order valence-electron chi connectivity index (χ3n) is 7.19. The van der Waals surface area contributed by atoms with Gasteiger partial charge in [-0.2, -0.15) is 0 Å². The average molecular weight is 497 g/mol. The number of hydrogen-bond donors (Lipinski definition) is 0. The smallest absolute Gasteiger partial charge is 0.267 e. The number of pyridine rings is 1. The molecule has 0 N–H and O–H groups in total. The summed E-state index contributed by atoms with van der Waals surface area (Å²) in [7, 11) is 0.